The van der Waals surface area contributed by atoms with Crippen molar-refractivity contribution >= 4 is 11.7 Å². The highest BCUT2D eigenvalue weighted by atomic mass is 16.1. The summed E-state index contributed by atoms with van der Waals surface area (Å²) in [6, 6.07) is 0. The Hall–Kier alpha value is -1.64. The van der Waals surface area contributed by atoms with Crippen LogP contribution in [0.25, 0.3) is 0 Å². The van der Waals surface area contributed by atoms with Gasteiger partial charge in [-0.25, -0.2) is 0 Å². The standard InChI is InChI=1S/C10H10N2O/c1-8-4-2-5-9-11-10(13)6-3-7-12(8)9/h2-6H,7H2,1H3. The SMILES string of the molecule is CC1=CC=CC2=NC(=O)C=CCN12. The molecule has 0 saturated carbocycles. The summed E-state index contributed by atoms with van der Waals surface area (Å²) < 4.78 is 0. The molecule has 1 amide bonds. The number of fused-ring (bicyclic) bond motifs is 1. The van der Waals surface area contributed by atoms with Crippen LogP contribution < -0.4 is 0 Å². The second-order valence-corrected chi connectivity index (χ2v) is 2.99. The van der Waals surface area contributed by atoms with Gasteiger partial charge >= 0.3 is 0 Å². The van der Waals surface area contributed by atoms with E-state index in [4.69, 9.17) is 0 Å². The van der Waals surface area contributed by atoms with Gasteiger partial charge in [0, 0.05) is 18.3 Å². The highest BCUT2D eigenvalue weighted by Crippen LogP contribution is 2.13. The third-order valence-corrected chi connectivity index (χ3v) is 2.06. The smallest absolute Gasteiger partial charge is 0.271 e. The van der Waals surface area contributed by atoms with Gasteiger partial charge in [0.2, 0.25) is 0 Å². The Labute approximate surface area is 76.8 Å². The van der Waals surface area contributed by atoms with Crippen molar-refractivity contribution in [3.05, 3.63) is 36.1 Å². The Morgan fingerprint density at radius 2 is 2.31 bits per heavy atom. The number of nitrogens with zero attached hydrogens (tertiary/aromatic N) is 2. The van der Waals surface area contributed by atoms with Crippen LogP contribution in [0.3, 0.4) is 0 Å². The zero-order valence-electron chi connectivity index (χ0n) is 7.40. The van der Waals surface area contributed by atoms with Gasteiger partial charge in [0.1, 0.15) is 5.84 Å². The van der Waals surface area contributed by atoms with Crippen molar-refractivity contribution in [3.8, 4) is 0 Å². The minimum Gasteiger partial charge on any atom is -0.326 e. The number of amides is 1. The van der Waals surface area contributed by atoms with Crippen molar-refractivity contribution < 1.29 is 4.79 Å². The average molecular weight is 174 g/mol. The summed E-state index contributed by atoms with van der Waals surface area (Å²) in [6.45, 7) is 2.72. The van der Waals surface area contributed by atoms with E-state index < -0.39 is 0 Å². The van der Waals surface area contributed by atoms with Gasteiger partial charge in [0.05, 0.1) is 0 Å². The Balaban J connectivity index is 2.40. The zero-order valence-corrected chi connectivity index (χ0v) is 7.40. The van der Waals surface area contributed by atoms with E-state index in [0.29, 0.717) is 0 Å². The van der Waals surface area contributed by atoms with Crippen LogP contribution in [0, 0.1) is 0 Å². The highest BCUT2D eigenvalue weighted by Gasteiger charge is 2.15. The van der Waals surface area contributed by atoms with E-state index in [1.165, 1.54) is 6.08 Å². The van der Waals surface area contributed by atoms with E-state index in [-0.39, 0.29) is 5.91 Å². The molecule has 0 N–H and O–H groups in total. The summed E-state index contributed by atoms with van der Waals surface area (Å²) >= 11 is 0. The van der Waals surface area contributed by atoms with Crippen LogP contribution in [0.4, 0.5) is 0 Å². The van der Waals surface area contributed by atoms with Crippen LogP contribution in [0.5, 0.6) is 0 Å². The van der Waals surface area contributed by atoms with E-state index in [1.54, 1.807) is 0 Å². The summed E-state index contributed by atoms with van der Waals surface area (Å²) in [6.07, 6.45) is 9.09. The average Bonchev–Trinajstić information content (AvgIpc) is 2.27. The quantitative estimate of drug-likeness (QED) is 0.553. The van der Waals surface area contributed by atoms with Gasteiger partial charge in [-0.2, -0.15) is 4.99 Å². The van der Waals surface area contributed by atoms with Gasteiger partial charge in [0.25, 0.3) is 5.91 Å². The van der Waals surface area contributed by atoms with E-state index in [1.807, 2.05) is 36.1 Å². The normalized spacial score (nSPS) is 20.7. The largest absolute Gasteiger partial charge is 0.326 e. The van der Waals surface area contributed by atoms with Gasteiger partial charge in [-0.3, -0.25) is 4.79 Å². The van der Waals surface area contributed by atoms with E-state index in [9.17, 15) is 4.79 Å². The monoisotopic (exact) mass is 174 g/mol. The van der Waals surface area contributed by atoms with E-state index in [2.05, 4.69) is 4.99 Å². The van der Waals surface area contributed by atoms with Crippen molar-refractivity contribution in [2.24, 2.45) is 4.99 Å². The molecular formula is C10H10N2O. The molecular weight excluding hydrogens is 164 g/mol. The molecule has 0 saturated heterocycles. The predicted molar refractivity (Wildman–Crippen MR) is 51.2 cm³/mol. The number of carbonyl (C=O) groups is 1. The maximum Gasteiger partial charge on any atom is 0.271 e. The first kappa shape index (κ1) is 7.98. The molecule has 0 aliphatic carbocycles. The van der Waals surface area contributed by atoms with Crippen molar-refractivity contribution in [2.45, 2.75) is 6.92 Å². The fourth-order valence-electron chi connectivity index (χ4n) is 1.38. The van der Waals surface area contributed by atoms with Crippen LogP contribution in [0.2, 0.25) is 0 Å². The molecule has 0 aromatic carbocycles. The molecule has 2 aliphatic rings. The second kappa shape index (κ2) is 3.01. The van der Waals surface area contributed by atoms with Gasteiger partial charge in [-0.1, -0.05) is 12.2 Å². The zero-order chi connectivity index (χ0) is 9.26. The molecule has 2 rings (SSSR count). The Morgan fingerprint density at radius 1 is 1.46 bits per heavy atom. The van der Waals surface area contributed by atoms with Crippen molar-refractivity contribution in [1.82, 2.24) is 4.90 Å². The molecule has 0 atom stereocenters. The van der Waals surface area contributed by atoms with Crippen LogP contribution in [-0.2, 0) is 4.79 Å². The van der Waals surface area contributed by atoms with Crippen LogP contribution >= 0.6 is 0 Å². The summed E-state index contributed by atoms with van der Waals surface area (Å²) in [7, 11) is 0. The Kier molecular flexibility index (Phi) is 1.85. The predicted octanol–water partition coefficient (Wildman–Crippen LogP) is 1.26. The molecule has 3 nitrogen and oxygen atoms in total. The topological polar surface area (TPSA) is 32.7 Å². The van der Waals surface area contributed by atoms with Crippen LogP contribution in [-0.4, -0.2) is 23.2 Å². The second-order valence-electron chi connectivity index (χ2n) is 2.99. The lowest BCUT2D eigenvalue weighted by Crippen LogP contribution is -2.29. The molecule has 0 fully saturated rings. The summed E-state index contributed by atoms with van der Waals surface area (Å²) in [5, 5.41) is 0. The van der Waals surface area contributed by atoms with Gasteiger partial charge < -0.3 is 4.90 Å². The summed E-state index contributed by atoms with van der Waals surface area (Å²) in [5.74, 6) is 0.548. The first-order valence-electron chi connectivity index (χ1n) is 4.19. The minimum atomic E-state index is -0.183. The number of aliphatic imine (C=N–C) groups is 1. The first-order valence-corrected chi connectivity index (χ1v) is 4.19. The minimum absolute atomic E-state index is 0.183. The highest BCUT2D eigenvalue weighted by molar-refractivity contribution is 6.06. The lowest BCUT2D eigenvalue weighted by Gasteiger charge is -2.24. The van der Waals surface area contributed by atoms with Crippen LogP contribution in [0.15, 0.2) is 41.1 Å². The van der Waals surface area contributed by atoms with Gasteiger partial charge in [-0.05, 0) is 19.1 Å². The van der Waals surface area contributed by atoms with Crippen molar-refractivity contribution in [3.63, 3.8) is 0 Å². The number of hydrogen-bond acceptors (Lipinski definition) is 2. The lowest BCUT2D eigenvalue weighted by atomic mass is 10.2. The summed E-state index contributed by atoms with van der Waals surface area (Å²) in [4.78, 5) is 17.0. The molecule has 13 heavy (non-hydrogen) atoms. The number of amidine groups is 1. The number of rotatable bonds is 0. The number of allylic oxidation sites excluding steroid dienone is 3. The van der Waals surface area contributed by atoms with Crippen molar-refractivity contribution in [1.29, 1.82) is 0 Å². The van der Waals surface area contributed by atoms with Gasteiger partial charge in [0.15, 0.2) is 0 Å². The summed E-state index contributed by atoms with van der Waals surface area (Å²) in [5.41, 5.74) is 1.11. The van der Waals surface area contributed by atoms with E-state index in [0.717, 1.165) is 18.1 Å². The number of carbonyl (C=O) groups excluding carboxylic acids is 1. The van der Waals surface area contributed by atoms with E-state index >= 15 is 0 Å². The third-order valence-electron chi connectivity index (χ3n) is 2.06. The fourth-order valence-corrected chi connectivity index (χ4v) is 1.38. The molecule has 0 aromatic rings. The molecule has 0 aromatic heterocycles. The fraction of sp³-hybridized carbons (Fsp3) is 0.200. The lowest BCUT2D eigenvalue weighted by molar-refractivity contribution is -0.113. The molecule has 2 heterocycles. The maximum atomic E-state index is 11.1. The third kappa shape index (κ3) is 1.45. The van der Waals surface area contributed by atoms with Gasteiger partial charge in [-0.15, -0.1) is 0 Å². The molecule has 0 bridgehead atoms. The molecule has 3 heteroatoms. The molecule has 0 radical (unpaired) electrons. The molecule has 2 aliphatic heterocycles. The molecule has 0 unspecified atom stereocenters. The van der Waals surface area contributed by atoms with Crippen LogP contribution in [0.1, 0.15) is 6.92 Å². The molecule has 0 spiro atoms. The maximum absolute atomic E-state index is 11.1. The van der Waals surface area contributed by atoms with Crippen molar-refractivity contribution in [2.75, 3.05) is 6.54 Å². The molecule has 66 valence electrons. The Bertz CT molecular complexity index is 361. The Morgan fingerprint density at radius 3 is 3.15 bits per heavy atom. The first-order chi connectivity index (χ1) is 6.27. The number of hydrogen-bond donors (Lipinski definition) is 0.